The van der Waals surface area contributed by atoms with E-state index in [-0.39, 0.29) is 18.5 Å². The number of carbonyl (C=O) groups excluding carboxylic acids is 1. The van der Waals surface area contributed by atoms with Crippen molar-refractivity contribution in [2.24, 2.45) is 0 Å². The molecule has 7 nitrogen and oxygen atoms in total. The second-order valence-corrected chi connectivity index (χ2v) is 7.01. The topological polar surface area (TPSA) is 82.3 Å². The molecule has 0 aliphatic rings. The molecule has 2 aromatic carbocycles. The number of para-hydroxylation sites is 2. The van der Waals surface area contributed by atoms with Gasteiger partial charge in [-0.15, -0.1) is 0 Å². The monoisotopic (exact) mass is 407 g/mol. The minimum absolute atomic E-state index is 0.216. The average Bonchev–Trinajstić information content (AvgIpc) is 2.73. The summed E-state index contributed by atoms with van der Waals surface area (Å²) in [6, 6.07) is 14.6. The molecule has 0 fully saturated rings. The second-order valence-electron chi connectivity index (χ2n) is 7.01. The lowest BCUT2D eigenvalue weighted by Crippen LogP contribution is -2.42. The summed E-state index contributed by atoms with van der Waals surface area (Å²) in [5, 5.41) is 2.86. The highest BCUT2D eigenvalue weighted by molar-refractivity contribution is 5.76. The van der Waals surface area contributed by atoms with Crippen LogP contribution in [0, 0.1) is 6.92 Å². The summed E-state index contributed by atoms with van der Waals surface area (Å²) < 4.78 is 7.88. The molecule has 1 N–H and O–H groups in total. The fourth-order valence-corrected chi connectivity index (χ4v) is 3.14. The summed E-state index contributed by atoms with van der Waals surface area (Å²) in [6.45, 7) is 5.90. The zero-order valence-corrected chi connectivity index (χ0v) is 17.3. The number of aromatic nitrogens is 2. The van der Waals surface area contributed by atoms with Gasteiger partial charge in [0.15, 0.2) is 0 Å². The Bertz CT molecular complexity index is 1150. The van der Waals surface area contributed by atoms with Crippen molar-refractivity contribution < 1.29 is 9.53 Å². The predicted molar refractivity (Wildman–Crippen MR) is 115 cm³/mol. The lowest BCUT2D eigenvalue weighted by molar-refractivity contribution is -0.122. The first-order chi connectivity index (χ1) is 14.4. The molecule has 1 atom stereocenters. The van der Waals surface area contributed by atoms with Crippen LogP contribution in [-0.2, 0) is 11.3 Å². The standard InChI is InChI=1S/C23H25N3O4/c1-4-30-20-8-6-5-7-19(20)26-14-13-25(22(28)23(26)29)15-21(27)24-17(3)18-11-9-16(2)10-12-18/h5-14,17H,4,15H2,1-3H3,(H,24,27)/t17-/m1/s1. The third kappa shape index (κ3) is 4.68. The predicted octanol–water partition coefficient (Wildman–Crippen LogP) is 2.58. The number of aryl methyl sites for hydroxylation is 1. The highest BCUT2D eigenvalue weighted by Crippen LogP contribution is 2.20. The van der Waals surface area contributed by atoms with Crippen LogP contribution in [0.2, 0.25) is 0 Å². The van der Waals surface area contributed by atoms with Gasteiger partial charge >= 0.3 is 11.1 Å². The Hall–Kier alpha value is -3.61. The van der Waals surface area contributed by atoms with Gasteiger partial charge in [-0.2, -0.15) is 0 Å². The van der Waals surface area contributed by atoms with Gasteiger partial charge < -0.3 is 10.1 Å². The molecule has 3 aromatic rings. The largest absolute Gasteiger partial charge is 0.492 e. The molecule has 1 aromatic heterocycles. The van der Waals surface area contributed by atoms with E-state index < -0.39 is 11.1 Å². The van der Waals surface area contributed by atoms with E-state index in [1.807, 2.05) is 45.0 Å². The van der Waals surface area contributed by atoms with E-state index in [0.29, 0.717) is 18.0 Å². The first kappa shape index (κ1) is 21.1. The van der Waals surface area contributed by atoms with Gasteiger partial charge in [0.25, 0.3) is 0 Å². The highest BCUT2D eigenvalue weighted by atomic mass is 16.5. The van der Waals surface area contributed by atoms with Crippen LogP contribution >= 0.6 is 0 Å². The van der Waals surface area contributed by atoms with Gasteiger partial charge in [0, 0.05) is 12.4 Å². The molecule has 0 radical (unpaired) electrons. The van der Waals surface area contributed by atoms with Gasteiger partial charge in [0.2, 0.25) is 5.91 Å². The molecule has 0 aliphatic heterocycles. The van der Waals surface area contributed by atoms with E-state index >= 15 is 0 Å². The molecule has 3 rings (SSSR count). The molecule has 0 saturated heterocycles. The van der Waals surface area contributed by atoms with Gasteiger partial charge in [-0.3, -0.25) is 23.5 Å². The normalized spacial score (nSPS) is 11.7. The lowest BCUT2D eigenvalue weighted by Gasteiger charge is -2.16. The quantitative estimate of drug-likeness (QED) is 0.611. The highest BCUT2D eigenvalue weighted by Gasteiger charge is 2.14. The zero-order chi connectivity index (χ0) is 21.7. The summed E-state index contributed by atoms with van der Waals surface area (Å²) in [5.74, 6) is 0.154. The minimum atomic E-state index is -0.776. The van der Waals surface area contributed by atoms with Crippen LogP contribution in [0.25, 0.3) is 5.69 Å². The Morgan fingerprint density at radius 1 is 1.03 bits per heavy atom. The van der Waals surface area contributed by atoms with Crippen molar-refractivity contribution >= 4 is 5.91 Å². The molecule has 30 heavy (non-hydrogen) atoms. The number of hydrogen-bond donors (Lipinski definition) is 1. The Balaban J connectivity index is 1.79. The van der Waals surface area contributed by atoms with Crippen LogP contribution in [0.1, 0.15) is 31.0 Å². The summed E-state index contributed by atoms with van der Waals surface area (Å²) in [6.07, 6.45) is 2.90. The molecular formula is C23H25N3O4. The first-order valence-corrected chi connectivity index (χ1v) is 9.81. The minimum Gasteiger partial charge on any atom is -0.492 e. The maximum absolute atomic E-state index is 12.6. The van der Waals surface area contributed by atoms with Crippen molar-refractivity contribution in [3.05, 3.63) is 92.8 Å². The maximum atomic E-state index is 12.6. The van der Waals surface area contributed by atoms with Crippen LogP contribution in [0.3, 0.4) is 0 Å². The van der Waals surface area contributed by atoms with Gasteiger partial charge in [-0.25, -0.2) is 0 Å². The number of rotatable bonds is 7. The Kier molecular flexibility index (Phi) is 6.51. The number of benzene rings is 2. The van der Waals surface area contributed by atoms with Crippen molar-refractivity contribution in [2.75, 3.05) is 6.61 Å². The van der Waals surface area contributed by atoms with Crippen molar-refractivity contribution in [2.45, 2.75) is 33.4 Å². The summed E-state index contributed by atoms with van der Waals surface area (Å²) in [5.41, 5.74) is 1.05. The SMILES string of the molecule is CCOc1ccccc1-n1ccn(CC(=O)N[C@H](C)c2ccc(C)cc2)c(=O)c1=O. The van der Waals surface area contributed by atoms with E-state index in [4.69, 9.17) is 4.74 Å². The molecule has 1 heterocycles. The lowest BCUT2D eigenvalue weighted by atomic mass is 10.1. The molecule has 0 spiro atoms. The van der Waals surface area contributed by atoms with E-state index in [9.17, 15) is 14.4 Å². The van der Waals surface area contributed by atoms with Crippen molar-refractivity contribution in [1.82, 2.24) is 14.5 Å². The van der Waals surface area contributed by atoms with Crippen LogP contribution in [0.15, 0.2) is 70.5 Å². The van der Waals surface area contributed by atoms with Crippen LogP contribution < -0.4 is 21.2 Å². The van der Waals surface area contributed by atoms with Gasteiger partial charge in [0.1, 0.15) is 12.3 Å². The van der Waals surface area contributed by atoms with E-state index in [1.165, 1.54) is 17.0 Å². The summed E-state index contributed by atoms with van der Waals surface area (Å²) >= 11 is 0. The maximum Gasteiger partial charge on any atom is 0.321 e. The smallest absolute Gasteiger partial charge is 0.321 e. The van der Waals surface area contributed by atoms with Crippen molar-refractivity contribution in [1.29, 1.82) is 0 Å². The average molecular weight is 407 g/mol. The third-order valence-corrected chi connectivity index (χ3v) is 4.75. The van der Waals surface area contributed by atoms with Crippen molar-refractivity contribution in [3.8, 4) is 11.4 Å². The zero-order valence-electron chi connectivity index (χ0n) is 17.3. The van der Waals surface area contributed by atoms with E-state index in [2.05, 4.69) is 5.32 Å². The van der Waals surface area contributed by atoms with Crippen LogP contribution in [-0.4, -0.2) is 21.6 Å². The fraction of sp³-hybridized carbons (Fsp3) is 0.261. The number of nitrogens with one attached hydrogen (secondary N) is 1. The Morgan fingerprint density at radius 3 is 2.43 bits per heavy atom. The fourth-order valence-electron chi connectivity index (χ4n) is 3.14. The summed E-state index contributed by atoms with van der Waals surface area (Å²) in [4.78, 5) is 37.6. The molecule has 0 saturated carbocycles. The number of ether oxygens (including phenoxy) is 1. The van der Waals surface area contributed by atoms with E-state index in [1.54, 1.807) is 24.3 Å². The molecule has 0 unspecified atom stereocenters. The molecule has 0 bridgehead atoms. The van der Waals surface area contributed by atoms with Gasteiger partial charge in [0.05, 0.1) is 18.3 Å². The number of carbonyl (C=O) groups is 1. The van der Waals surface area contributed by atoms with Gasteiger partial charge in [-0.05, 0) is 38.5 Å². The molecular weight excluding hydrogens is 382 g/mol. The number of amides is 1. The third-order valence-electron chi connectivity index (χ3n) is 4.75. The Morgan fingerprint density at radius 2 is 1.73 bits per heavy atom. The first-order valence-electron chi connectivity index (χ1n) is 9.81. The molecule has 0 aliphatic carbocycles. The summed E-state index contributed by atoms with van der Waals surface area (Å²) in [7, 11) is 0. The molecule has 156 valence electrons. The second kappa shape index (κ2) is 9.26. The number of nitrogens with zero attached hydrogens (tertiary/aromatic N) is 2. The van der Waals surface area contributed by atoms with Crippen LogP contribution in [0.4, 0.5) is 0 Å². The van der Waals surface area contributed by atoms with Gasteiger partial charge in [-0.1, -0.05) is 42.0 Å². The van der Waals surface area contributed by atoms with E-state index in [0.717, 1.165) is 15.7 Å². The van der Waals surface area contributed by atoms with Crippen molar-refractivity contribution in [3.63, 3.8) is 0 Å². The number of hydrogen-bond acceptors (Lipinski definition) is 4. The molecule has 1 amide bonds. The Labute approximate surface area is 174 Å². The van der Waals surface area contributed by atoms with Crippen LogP contribution in [0.5, 0.6) is 5.75 Å². The molecule has 7 heteroatoms.